The van der Waals surface area contributed by atoms with Crippen LogP contribution in [0.15, 0.2) is 36.4 Å². The molecule has 0 saturated carbocycles. The summed E-state index contributed by atoms with van der Waals surface area (Å²) < 4.78 is 0. The third-order valence-corrected chi connectivity index (χ3v) is 2.82. The highest BCUT2D eigenvalue weighted by Crippen LogP contribution is 2.26. The Morgan fingerprint density at radius 2 is 1.84 bits per heavy atom. The Morgan fingerprint density at radius 1 is 1.11 bits per heavy atom. The van der Waals surface area contributed by atoms with E-state index in [9.17, 15) is 9.90 Å². The summed E-state index contributed by atoms with van der Waals surface area (Å²) in [6.45, 7) is 0. The molecule has 2 aromatic carbocycles. The lowest BCUT2D eigenvalue weighted by Crippen LogP contribution is -2.11. The van der Waals surface area contributed by atoms with E-state index in [1.807, 2.05) is 0 Å². The molecule has 2 rings (SSSR count). The summed E-state index contributed by atoms with van der Waals surface area (Å²) in [5.41, 5.74) is 6.67. The minimum Gasteiger partial charge on any atom is -0.504 e. The molecule has 0 saturated heterocycles. The molecule has 0 heterocycles. The standard InChI is InChI=1S/C13H11ClN2O3/c14-9-6-8(2-3-10(9)15)16-13(19)7-1-4-11(17)12(18)5-7/h1-6,17-18H,15H2,(H,16,19). The summed E-state index contributed by atoms with van der Waals surface area (Å²) >= 11 is 5.84. The van der Waals surface area contributed by atoms with Crippen LogP contribution in [0, 0.1) is 0 Å². The Labute approximate surface area is 114 Å². The lowest BCUT2D eigenvalue weighted by Gasteiger charge is -2.07. The van der Waals surface area contributed by atoms with Gasteiger partial charge in [-0.15, -0.1) is 0 Å². The zero-order chi connectivity index (χ0) is 14.0. The van der Waals surface area contributed by atoms with Gasteiger partial charge in [-0.3, -0.25) is 4.79 Å². The van der Waals surface area contributed by atoms with Gasteiger partial charge in [-0.05, 0) is 36.4 Å². The van der Waals surface area contributed by atoms with Crippen molar-refractivity contribution < 1.29 is 15.0 Å². The molecule has 0 unspecified atom stereocenters. The molecule has 0 aliphatic carbocycles. The molecular weight excluding hydrogens is 268 g/mol. The fourth-order valence-electron chi connectivity index (χ4n) is 1.47. The number of halogens is 1. The van der Waals surface area contributed by atoms with E-state index in [1.165, 1.54) is 24.3 Å². The molecular formula is C13H11ClN2O3. The highest BCUT2D eigenvalue weighted by atomic mass is 35.5. The van der Waals surface area contributed by atoms with Crippen molar-refractivity contribution in [3.8, 4) is 11.5 Å². The molecule has 5 nitrogen and oxygen atoms in total. The van der Waals surface area contributed by atoms with Crippen LogP contribution in [0.4, 0.5) is 11.4 Å². The van der Waals surface area contributed by atoms with Crippen LogP contribution in [-0.4, -0.2) is 16.1 Å². The Balaban J connectivity index is 2.20. The molecule has 98 valence electrons. The minimum absolute atomic E-state index is 0.211. The quantitative estimate of drug-likeness (QED) is 0.501. The van der Waals surface area contributed by atoms with Crippen molar-refractivity contribution in [3.63, 3.8) is 0 Å². The summed E-state index contributed by atoms with van der Waals surface area (Å²) in [5.74, 6) is -1.08. The SMILES string of the molecule is Nc1ccc(NC(=O)c2ccc(O)c(O)c2)cc1Cl. The number of anilines is 2. The first kappa shape index (κ1) is 13.0. The highest BCUT2D eigenvalue weighted by molar-refractivity contribution is 6.33. The molecule has 0 atom stereocenters. The lowest BCUT2D eigenvalue weighted by atomic mass is 10.2. The molecule has 6 heteroatoms. The number of hydrogen-bond donors (Lipinski definition) is 4. The van der Waals surface area contributed by atoms with Crippen molar-refractivity contribution in [1.82, 2.24) is 0 Å². The van der Waals surface area contributed by atoms with Crippen molar-refractivity contribution >= 4 is 28.9 Å². The van der Waals surface area contributed by atoms with Gasteiger partial charge < -0.3 is 21.3 Å². The summed E-state index contributed by atoms with van der Waals surface area (Å²) in [4.78, 5) is 11.9. The van der Waals surface area contributed by atoms with Crippen LogP contribution >= 0.6 is 11.6 Å². The Bertz CT molecular complexity index is 644. The average Bonchev–Trinajstić information content (AvgIpc) is 2.37. The zero-order valence-corrected chi connectivity index (χ0v) is 10.5. The molecule has 0 radical (unpaired) electrons. The Kier molecular flexibility index (Phi) is 3.48. The number of nitrogens with one attached hydrogen (secondary N) is 1. The molecule has 0 spiro atoms. The molecule has 1 amide bonds. The van der Waals surface area contributed by atoms with Gasteiger partial charge in [0.25, 0.3) is 5.91 Å². The summed E-state index contributed by atoms with van der Waals surface area (Å²) in [6.07, 6.45) is 0. The number of phenols is 2. The van der Waals surface area contributed by atoms with Gasteiger partial charge in [0.2, 0.25) is 0 Å². The van der Waals surface area contributed by atoms with Crippen LogP contribution < -0.4 is 11.1 Å². The van der Waals surface area contributed by atoms with Gasteiger partial charge in [-0.1, -0.05) is 11.6 Å². The fourth-order valence-corrected chi connectivity index (χ4v) is 1.65. The van der Waals surface area contributed by atoms with Crippen molar-refractivity contribution in [3.05, 3.63) is 47.0 Å². The number of benzene rings is 2. The number of aromatic hydroxyl groups is 2. The summed E-state index contributed by atoms with van der Waals surface area (Å²) in [6, 6.07) is 8.51. The van der Waals surface area contributed by atoms with E-state index < -0.39 is 5.91 Å². The molecule has 0 fully saturated rings. The normalized spacial score (nSPS) is 10.2. The highest BCUT2D eigenvalue weighted by Gasteiger charge is 2.09. The number of carbonyl (C=O) groups is 1. The third-order valence-electron chi connectivity index (χ3n) is 2.50. The number of nitrogen functional groups attached to an aromatic ring is 1. The van der Waals surface area contributed by atoms with E-state index in [4.69, 9.17) is 22.4 Å². The van der Waals surface area contributed by atoms with Crippen LogP contribution in [0.3, 0.4) is 0 Å². The maximum absolute atomic E-state index is 11.9. The number of carbonyl (C=O) groups excluding carboxylic acids is 1. The largest absolute Gasteiger partial charge is 0.504 e. The Morgan fingerprint density at radius 3 is 2.47 bits per heavy atom. The Hall–Kier alpha value is -2.40. The molecule has 0 bridgehead atoms. The second-order valence-corrected chi connectivity index (χ2v) is 4.30. The van der Waals surface area contributed by atoms with Gasteiger partial charge in [0.05, 0.1) is 10.7 Å². The van der Waals surface area contributed by atoms with Crippen LogP contribution in [0.25, 0.3) is 0 Å². The van der Waals surface area contributed by atoms with Gasteiger partial charge in [-0.25, -0.2) is 0 Å². The monoisotopic (exact) mass is 278 g/mol. The molecule has 2 aromatic rings. The van der Waals surface area contributed by atoms with Crippen molar-refractivity contribution in [2.75, 3.05) is 11.1 Å². The molecule has 0 aliphatic heterocycles. The van der Waals surface area contributed by atoms with E-state index >= 15 is 0 Å². The first-order valence-electron chi connectivity index (χ1n) is 5.36. The van der Waals surface area contributed by atoms with Crippen molar-refractivity contribution in [1.29, 1.82) is 0 Å². The zero-order valence-electron chi connectivity index (χ0n) is 9.72. The predicted octanol–water partition coefficient (Wildman–Crippen LogP) is 2.59. The van der Waals surface area contributed by atoms with E-state index in [0.29, 0.717) is 16.4 Å². The van der Waals surface area contributed by atoms with Gasteiger partial charge in [0.15, 0.2) is 11.5 Å². The minimum atomic E-state index is -0.434. The van der Waals surface area contributed by atoms with Crippen LogP contribution in [-0.2, 0) is 0 Å². The third kappa shape index (κ3) is 2.89. The lowest BCUT2D eigenvalue weighted by molar-refractivity contribution is 0.102. The molecule has 19 heavy (non-hydrogen) atoms. The van der Waals surface area contributed by atoms with E-state index in [0.717, 1.165) is 0 Å². The molecule has 0 aliphatic rings. The summed E-state index contributed by atoms with van der Waals surface area (Å²) in [5, 5.41) is 21.4. The van der Waals surface area contributed by atoms with Crippen LogP contribution in [0.5, 0.6) is 11.5 Å². The number of rotatable bonds is 2. The van der Waals surface area contributed by atoms with Gasteiger partial charge in [-0.2, -0.15) is 0 Å². The fraction of sp³-hybridized carbons (Fsp3) is 0. The maximum Gasteiger partial charge on any atom is 0.255 e. The number of nitrogens with two attached hydrogens (primary N) is 1. The first-order valence-corrected chi connectivity index (χ1v) is 5.73. The van der Waals surface area contributed by atoms with Crippen LogP contribution in [0.1, 0.15) is 10.4 Å². The van der Waals surface area contributed by atoms with Crippen molar-refractivity contribution in [2.24, 2.45) is 0 Å². The molecule has 5 N–H and O–H groups in total. The average molecular weight is 279 g/mol. The number of amides is 1. The van der Waals surface area contributed by atoms with E-state index in [-0.39, 0.29) is 17.1 Å². The second-order valence-electron chi connectivity index (χ2n) is 3.89. The van der Waals surface area contributed by atoms with Gasteiger partial charge >= 0.3 is 0 Å². The number of phenolic OH excluding ortho intramolecular Hbond substituents is 2. The van der Waals surface area contributed by atoms with E-state index in [2.05, 4.69) is 5.32 Å². The van der Waals surface area contributed by atoms with Crippen molar-refractivity contribution in [2.45, 2.75) is 0 Å². The van der Waals surface area contributed by atoms with E-state index in [1.54, 1.807) is 12.1 Å². The smallest absolute Gasteiger partial charge is 0.255 e. The maximum atomic E-state index is 11.9. The topological polar surface area (TPSA) is 95.6 Å². The van der Waals surface area contributed by atoms with Gasteiger partial charge in [0, 0.05) is 11.3 Å². The second kappa shape index (κ2) is 5.07. The molecule has 0 aromatic heterocycles. The van der Waals surface area contributed by atoms with Crippen LogP contribution in [0.2, 0.25) is 5.02 Å². The predicted molar refractivity (Wildman–Crippen MR) is 73.6 cm³/mol. The summed E-state index contributed by atoms with van der Waals surface area (Å²) in [7, 11) is 0. The van der Waals surface area contributed by atoms with Gasteiger partial charge in [0.1, 0.15) is 0 Å². The first-order chi connectivity index (χ1) is 8.97. The number of hydrogen-bond acceptors (Lipinski definition) is 4.